The maximum absolute atomic E-state index is 5.98. The number of hydrogen-bond donors (Lipinski definition) is 1. The van der Waals surface area contributed by atoms with E-state index in [0.717, 1.165) is 31.0 Å². The summed E-state index contributed by atoms with van der Waals surface area (Å²) < 4.78 is 7.19. The zero-order chi connectivity index (χ0) is 13.8. The molecule has 0 amide bonds. The Kier molecular flexibility index (Phi) is 5.19. The Hall–Kier alpha value is -0.650. The summed E-state index contributed by atoms with van der Waals surface area (Å²) in [6.45, 7) is 0. The third kappa shape index (κ3) is 3.91. The van der Waals surface area contributed by atoms with Crippen molar-refractivity contribution in [1.29, 1.82) is 0 Å². The number of methoxy groups -OCH3 is 1. The van der Waals surface area contributed by atoms with Gasteiger partial charge in [0, 0.05) is 20.8 Å². The second-order valence-electron chi connectivity index (χ2n) is 3.94. The summed E-state index contributed by atoms with van der Waals surface area (Å²) in [5, 5.41) is 0. The average molecular weight is 403 g/mol. The molecule has 0 unspecified atom stereocenters. The number of thioether (sulfide) groups is 1. The molecule has 2 rings (SSSR count). The van der Waals surface area contributed by atoms with Crippen LogP contribution in [0, 0.1) is 0 Å². The first-order valence-electron chi connectivity index (χ1n) is 5.60. The molecule has 2 aromatic rings. The normalized spacial score (nSPS) is 10.5. The van der Waals surface area contributed by atoms with E-state index in [-0.39, 0.29) is 0 Å². The van der Waals surface area contributed by atoms with Gasteiger partial charge in [-0.2, -0.15) is 0 Å². The molecule has 0 atom stereocenters. The van der Waals surface area contributed by atoms with Gasteiger partial charge in [0.25, 0.3) is 0 Å². The third-order valence-electron chi connectivity index (χ3n) is 2.58. The van der Waals surface area contributed by atoms with Crippen LogP contribution < -0.4 is 10.5 Å². The van der Waals surface area contributed by atoms with Crippen molar-refractivity contribution in [3.63, 3.8) is 0 Å². The highest BCUT2D eigenvalue weighted by molar-refractivity contribution is 9.10. The summed E-state index contributed by atoms with van der Waals surface area (Å²) in [5.41, 5.74) is 8.00. The highest BCUT2D eigenvalue weighted by atomic mass is 79.9. The molecule has 100 valence electrons. The lowest BCUT2D eigenvalue weighted by molar-refractivity contribution is 0.412. The molecule has 19 heavy (non-hydrogen) atoms. The zero-order valence-electron chi connectivity index (χ0n) is 10.3. The van der Waals surface area contributed by atoms with Crippen LogP contribution in [-0.4, -0.2) is 7.11 Å². The molecule has 0 spiro atoms. The molecule has 0 saturated heterocycles. The highest BCUT2D eigenvalue weighted by Gasteiger charge is 2.04. The van der Waals surface area contributed by atoms with Crippen molar-refractivity contribution in [3.8, 4) is 5.75 Å². The topological polar surface area (TPSA) is 35.2 Å². The van der Waals surface area contributed by atoms with Gasteiger partial charge < -0.3 is 10.5 Å². The van der Waals surface area contributed by atoms with E-state index in [9.17, 15) is 0 Å². The summed E-state index contributed by atoms with van der Waals surface area (Å²) in [7, 11) is 1.66. The predicted octanol–water partition coefficient (Wildman–Crippen LogP) is 5.09. The largest absolute Gasteiger partial charge is 0.496 e. The molecule has 0 aliphatic heterocycles. The number of halogens is 2. The minimum absolute atomic E-state index is 0.798. The maximum atomic E-state index is 5.98. The summed E-state index contributed by atoms with van der Waals surface area (Å²) in [6.07, 6.45) is 0. The van der Waals surface area contributed by atoms with E-state index < -0.39 is 0 Å². The third-order valence-corrected chi connectivity index (χ3v) is 4.86. The number of nitrogens with two attached hydrogens (primary N) is 1. The Balaban J connectivity index is 2.08. The summed E-state index contributed by atoms with van der Waals surface area (Å²) >= 11 is 8.62. The summed E-state index contributed by atoms with van der Waals surface area (Å²) in [5.74, 6) is 1.71. The minimum Gasteiger partial charge on any atom is -0.496 e. The second-order valence-corrected chi connectivity index (χ2v) is 6.73. The quantitative estimate of drug-likeness (QED) is 0.571. The van der Waals surface area contributed by atoms with Crippen molar-refractivity contribution in [2.45, 2.75) is 10.6 Å². The Morgan fingerprint density at radius 3 is 2.58 bits per heavy atom. The maximum Gasteiger partial charge on any atom is 0.133 e. The van der Waals surface area contributed by atoms with Crippen LogP contribution in [0.5, 0.6) is 5.75 Å². The number of anilines is 1. The monoisotopic (exact) mass is 401 g/mol. The summed E-state index contributed by atoms with van der Waals surface area (Å²) in [4.78, 5) is 1.09. The highest BCUT2D eigenvalue weighted by Crippen LogP contribution is 2.32. The van der Waals surface area contributed by atoms with Crippen molar-refractivity contribution in [2.24, 2.45) is 0 Å². The van der Waals surface area contributed by atoms with E-state index in [1.165, 1.54) is 5.56 Å². The first kappa shape index (κ1) is 14.8. The van der Waals surface area contributed by atoms with E-state index in [1.54, 1.807) is 18.9 Å². The fourth-order valence-electron chi connectivity index (χ4n) is 1.61. The van der Waals surface area contributed by atoms with Crippen LogP contribution in [-0.2, 0) is 5.75 Å². The standard InChI is InChI=1S/C14H13Br2NOS/c1-18-13-4-2-9(6-11(13)16)8-19-14-5-3-10(15)7-12(14)17/h2-7H,8,17H2,1H3. The molecule has 0 aliphatic carbocycles. The molecule has 0 aliphatic rings. The zero-order valence-corrected chi connectivity index (χ0v) is 14.3. The van der Waals surface area contributed by atoms with Gasteiger partial charge in [-0.1, -0.05) is 22.0 Å². The van der Waals surface area contributed by atoms with Gasteiger partial charge in [0.15, 0.2) is 0 Å². The van der Waals surface area contributed by atoms with Crippen LogP contribution >= 0.6 is 43.6 Å². The van der Waals surface area contributed by atoms with Crippen molar-refractivity contribution in [3.05, 3.63) is 50.9 Å². The van der Waals surface area contributed by atoms with E-state index >= 15 is 0 Å². The number of ether oxygens (including phenoxy) is 1. The van der Waals surface area contributed by atoms with Crippen molar-refractivity contribution in [1.82, 2.24) is 0 Å². The first-order valence-corrected chi connectivity index (χ1v) is 8.17. The van der Waals surface area contributed by atoms with Crippen LogP contribution in [0.1, 0.15) is 5.56 Å². The van der Waals surface area contributed by atoms with Crippen molar-refractivity contribution >= 4 is 49.3 Å². The molecule has 0 heterocycles. The predicted molar refractivity (Wildman–Crippen MR) is 88.8 cm³/mol. The average Bonchev–Trinajstić information content (AvgIpc) is 2.38. The molecule has 0 bridgehead atoms. The lowest BCUT2D eigenvalue weighted by Crippen LogP contribution is -1.90. The van der Waals surface area contributed by atoms with E-state index in [2.05, 4.69) is 44.0 Å². The second kappa shape index (κ2) is 6.68. The fourth-order valence-corrected chi connectivity index (χ4v) is 3.47. The lowest BCUT2D eigenvalue weighted by Gasteiger charge is -2.08. The number of hydrogen-bond acceptors (Lipinski definition) is 3. The van der Waals surface area contributed by atoms with Gasteiger partial charge in [0.1, 0.15) is 5.75 Å². The van der Waals surface area contributed by atoms with E-state index in [4.69, 9.17) is 10.5 Å². The molecule has 2 aromatic carbocycles. The van der Waals surface area contributed by atoms with Crippen LogP contribution in [0.4, 0.5) is 5.69 Å². The van der Waals surface area contributed by atoms with Crippen LogP contribution in [0.2, 0.25) is 0 Å². The van der Waals surface area contributed by atoms with Crippen LogP contribution in [0.3, 0.4) is 0 Å². The number of nitrogen functional groups attached to an aromatic ring is 1. The Morgan fingerprint density at radius 2 is 1.95 bits per heavy atom. The lowest BCUT2D eigenvalue weighted by atomic mass is 10.2. The minimum atomic E-state index is 0.798. The van der Waals surface area contributed by atoms with Gasteiger partial charge in [0.05, 0.1) is 11.6 Å². The Morgan fingerprint density at radius 1 is 1.16 bits per heavy atom. The fraction of sp³-hybridized carbons (Fsp3) is 0.143. The Bertz CT molecular complexity index is 590. The van der Waals surface area contributed by atoms with Gasteiger partial charge in [-0.15, -0.1) is 11.8 Å². The van der Waals surface area contributed by atoms with E-state index in [1.807, 2.05) is 24.3 Å². The molecule has 0 radical (unpaired) electrons. The molecule has 2 nitrogen and oxygen atoms in total. The SMILES string of the molecule is COc1ccc(CSc2ccc(Br)cc2N)cc1Br. The molecular formula is C14H13Br2NOS. The molecule has 0 aromatic heterocycles. The van der Waals surface area contributed by atoms with Gasteiger partial charge in [-0.25, -0.2) is 0 Å². The van der Waals surface area contributed by atoms with Gasteiger partial charge in [-0.05, 0) is 51.8 Å². The number of rotatable bonds is 4. The molecule has 2 N–H and O–H groups in total. The van der Waals surface area contributed by atoms with Crippen LogP contribution in [0.15, 0.2) is 50.2 Å². The molecule has 0 fully saturated rings. The number of benzene rings is 2. The van der Waals surface area contributed by atoms with Crippen molar-refractivity contribution in [2.75, 3.05) is 12.8 Å². The van der Waals surface area contributed by atoms with Gasteiger partial charge >= 0.3 is 0 Å². The van der Waals surface area contributed by atoms with Gasteiger partial charge in [-0.3, -0.25) is 0 Å². The van der Waals surface area contributed by atoms with Crippen molar-refractivity contribution < 1.29 is 4.74 Å². The first-order chi connectivity index (χ1) is 9.10. The molecule has 0 saturated carbocycles. The molecular weight excluding hydrogens is 390 g/mol. The van der Waals surface area contributed by atoms with E-state index in [0.29, 0.717) is 0 Å². The van der Waals surface area contributed by atoms with Gasteiger partial charge in [0.2, 0.25) is 0 Å². The smallest absolute Gasteiger partial charge is 0.133 e. The molecule has 5 heteroatoms. The van der Waals surface area contributed by atoms with Crippen LogP contribution in [0.25, 0.3) is 0 Å². The Labute approximate surface area is 134 Å². The summed E-state index contributed by atoms with van der Waals surface area (Å²) in [6, 6.07) is 12.1.